The highest BCUT2D eigenvalue weighted by molar-refractivity contribution is 7.12. The molecule has 0 fully saturated rings. The number of aliphatic hydroxyl groups is 1. The smallest absolute Gasteiger partial charge is 0.264 e. The Labute approximate surface area is 130 Å². The number of carbonyl (C=O) groups excluding carboxylic acids is 2. The summed E-state index contributed by atoms with van der Waals surface area (Å²) in [6, 6.07) is 3.67. The van der Waals surface area contributed by atoms with Crippen LogP contribution < -0.4 is 0 Å². The van der Waals surface area contributed by atoms with E-state index in [4.69, 9.17) is 5.11 Å². The van der Waals surface area contributed by atoms with Gasteiger partial charge in [0.15, 0.2) is 0 Å². The monoisotopic (exact) mass is 312 g/mol. The molecule has 1 rings (SSSR count). The lowest BCUT2D eigenvalue weighted by atomic mass is 10.1. The fraction of sp³-hybridized carbons (Fsp3) is 0.600. The summed E-state index contributed by atoms with van der Waals surface area (Å²) < 4.78 is 0. The third kappa shape index (κ3) is 4.82. The van der Waals surface area contributed by atoms with Crippen molar-refractivity contribution in [2.45, 2.75) is 32.7 Å². The maximum absolute atomic E-state index is 12.4. The van der Waals surface area contributed by atoms with Crippen LogP contribution in [0.4, 0.5) is 0 Å². The molecule has 0 aliphatic carbocycles. The van der Waals surface area contributed by atoms with Crippen LogP contribution in [0.25, 0.3) is 0 Å². The van der Waals surface area contributed by atoms with Crippen molar-refractivity contribution in [3.63, 3.8) is 0 Å². The number of rotatable bonds is 8. The molecule has 0 aliphatic heterocycles. The van der Waals surface area contributed by atoms with Gasteiger partial charge < -0.3 is 14.9 Å². The standard InChI is InChI=1S/C15H24N2O3S/c1-4-12(5-2)17(8-9-18)14(19)11-16(3)15(20)13-7-6-10-21-13/h6-7,10,12,18H,4-5,8-9,11H2,1-3H3. The van der Waals surface area contributed by atoms with E-state index in [1.165, 1.54) is 16.2 Å². The van der Waals surface area contributed by atoms with Crippen LogP contribution in [0.1, 0.15) is 36.4 Å². The van der Waals surface area contributed by atoms with Gasteiger partial charge in [-0.25, -0.2) is 0 Å². The Balaban J connectivity index is 2.69. The molecule has 6 heteroatoms. The molecule has 2 amide bonds. The summed E-state index contributed by atoms with van der Waals surface area (Å²) in [6.07, 6.45) is 1.68. The molecule has 0 radical (unpaired) electrons. The first-order valence-electron chi connectivity index (χ1n) is 7.24. The molecule has 1 heterocycles. The summed E-state index contributed by atoms with van der Waals surface area (Å²) in [4.78, 5) is 28.3. The molecule has 0 saturated carbocycles. The van der Waals surface area contributed by atoms with Gasteiger partial charge >= 0.3 is 0 Å². The van der Waals surface area contributed by atoms with Crippen molar-refractivity contribution >= 4 is 23.2 Å². The van der Waals surface area contributed by atoms with Gasteiger partial charge in [-0.05, 0) is 24.3 Å². The van der Waals surface area contributed by atoms with Crippen LogP contribution in [0, 0.1) is 0 Å². The first-order chi connectivity index (χ1) is 10.0. The molecular weight excluding hydrogens is 288 g/mol. The van der Waals surface area contributed by atoms with E-state index >= 15 is 0 Å². The van der Waals surface area contributed by atoms with Gasteiger partial charge in [0, 0.05) is 19.6 Å². The lowest BCUT2D eigenvalue weighted by molar-refractivity contribution is -0.134. The van der Waals surface area contributed by atoms with Gasteiger partial charge in [0.25, 0.3) is 5.91 Å². The number of thiophene rings is 1. The minimum Gasteiger partial charge on any atom is -0.395 e. The van der Waals surface area contributed by atoms with Gasteiger partial charge in [0.05, 0.1) is 18.0 Å². The Hall–Kier alpha value is -1.40. The van der Waals surface area contributed by atoms with Crippen molar-refractivity contribution in [3.8, 4) is 0 Å². The first kappa shape index (κ1) is 17.7. The Morgan fingerprint density at radius 3 is 2.48 bits per heavy atom. The summed E-state index contributed by atoms with van der Waals surface area (Å²) >= 11 is 1.36. The highest BCUT2D eigenvalue weighted by Gasteiger charge is 2.23. The van der Waals surface area contributed by atoms with Crippen LogP contribution in [-0.4, -0.2) is 59.5 Å². The zero-order chi connectivity index (χ0) is 15.8. The van der Waals surface area contributed by atoms with Gasteiger partial charge in [0.2, 0.25) is 5.91 Å². The Morgan fingerprint density at radius 1 is 1.33 bits per heavy atom. The molecule has 118 valence electrons. The number of carbonyl (C=O) groups is 2. The molecule has 0 saturated heterocycles. The molecular formula is C15H24N2O3S. The van der Waals surface area contributed by atoms with Gasteiger partial charge in [-0.1, -0.05) is 19.9 Å². The van der Waals surface area contributed by atoms with Crippen LogP contribution >= 0.6 is 11.3 Å². The van der Waals surface area contributed by atoms with Gasteiger partial charge in [-0.2, -0.15) is 0 Å². The summed E-state index contributed by atoms with van der Waals surface area (Å²) in [5, 5.41) is 11.0. The minimum absolute atomic E-state index is 0.0350. The van der Waals surface area contributed by atoms with Crippen LogP contribution in [0.2, 0.25) is 0 Å². The molecule has 21 heavy (non-hydrogen) atoms. The van der Waals surface area contributed by atoms with E-state index in [1.807, 2.05) is 25.3 Å². The van der Waals surface area contributed by atoms with Crippen LogP contribution in [0.5, 0.6) is 0 Å². The van der Waals surface area contributed by atoms with Crippen LogP contribution in [0.15, 0.2) is 17.5 Å². The molecule has 5 nitrogen and oxygen atoms in total. The minimum atomic E-state index is -0.146. The SMILES string of the molecule is CCC(CC)N(CCO)C(=O)CN(C)C(=O)c1cccs1. The number of hydrogen-bond acceptors (Lipinski definition) is 4. The first-order valence-corrected chi connectivity index (χ1v) is 8.12. The fourth-order valence-corrected chi connectivity index (χ4v) is 3.02. The van der Waals surface area contributed by atoms with E-state index in [0.717, 1.165) is 12.8 Å². The van der Waals surface area contributed by atoms with Crippen molar-refractivity contribution < 1.29 is 14.7 Å². The second-order valence-corrected chi connectivity index (χ2v) is 5.87. The average Bonchev–Trinajstić information content (AvgIpc) is 3.00. The van der Waals surface area contributed by atoms with Crippen molar-refractivity contribution in [1.82, 2.24) is 9.80 Å². The Morgan fingerprint density at radius 2 is 2.00 bits per heavy atom. The maximum atomic E-state index is 12.4. The second kappa shape index (κ2) is 8.79. The molecule has 0 spiro atoms. The second-order valence-electron chi connectivity index (χ2n) is 4.92. The van der Waals surface area contributed by atoms with E-state index < -0.39 is 0 Å². The van der Waals surface area contributed by atoms with Crippen LogP contribution in [-0.2, 0) is 4.79 Å². The largest absolute Gasteiger partial charge is 0.395 e. The molecule has 1 aromatic rings. The van der Waals surface area contributed by atoms with Crippen molar-refractivity contribution in [2.24, 2.45) is 0 Å². The molecule has 0 aliphatic rings. The number of likely N-dealkylation sites (N-methyl/N-ethyl adjacent to an activating group) is 1. The highest BCUT2D eigenvalue weighted by atomic mass is 32.1. The average molecular weight is 312 g/mol. The third-order valence-corrected chi connectivity index (χ3v) is 4.35. The molecule has 1 N–H and O–H groups in total. The molecule has 1 aromatic heterocycles. The fourth-order valence-electron chi connectivity index (χ4n) is 2.30. The Bertz CT molecular complexity index is 444. The van der Waals surface area contributed by atoms with E-state index in [9.17, 15) is 9.59 Å². The zero-order valence-corrected chi connectivity index (χ0v) is 13.7. The predicted octanol–water partition coefficient (Wildman–Crippen LogP) is 1.83. The topological polar surface area (TPSA) is 60.9 Å². The van der Waals surface area contributed by atoms with Gasteiger partial charge in [-0.3, -0.25) is 9.59 Å². The molecule has 0 aromatic carbocycles. The van der Waals surface area contributed by atoms with E-state index in [1.54, 1.807) is 18.0 Å². The van der Waals surface area contributed by atoms with Gasteiger partial charge in [-0.15, -0.1) is 11.3 Å². The lowest BCUT2D eigenvalue weighted by Gasteiger charge is -2.31. The normalized spacial score (nSPS) is 10.7. The predicted molar refractivity (Wildman–Crippen MR) is 84.4 cm³/mol. The zero-order valence-electron chi connectivity index (χ0n) is 12.9. The molecule has 0 unspecified atom stereocenters. The van der Waals surface area contributed by atoms with E-state index in [-0.39, 0.29) is 31.0 Å². The molecule has 0 atom stereocenters. The summed E-state index contributed by atoms with van der Waals surface area (Å²) in [7, 11) is 1.63. The maximum Gasteiger partial charge on any atom is 0.264 e. The Kier molecular flexibility index (Phi) is 7.39. The third-order valence-electron chi connectivity index (χ3n) is 3.50. The summed E-state index contributed by atoms with van der Waals surface area (Å²) in [5.74, 6) is -0.267. The summed E-state index contributed by atoms with van der Waals surface area (Å²) in [5.41, 5.74) is 0. The van der Waals surface area contributed by atoms with Crippen molar-refractivity contribution in [1.29, 1.82) is 0 Å². The van der Waals surface area contributed by atoms with E-state index in [2.05, 4.69) is 0 Å². The van der Waals surface area contributed by atoms with Crippen LogP contribution in [0.3, 0.4) is 0 Å². The number of nitrogens with zero attached hydrogens (tertiary/aromatic N) is 2. The highest BCUT2D eigenvalue weighted by Crippen LogP contribution is 2.13. The summed E-state index contributed by atoms with van der Waals surface area (Å²) in [6.45, 7) is 4.32. The lowest BCUT2D eigenvalue weighted by Crippen LogP contribution is -2.46. The van der Waals surface area contributed by atoms with Gasteiger partial charge in [0.1, 0.15) is 0 Å². The molecule has 0 bridgehead atoms. The number of amides is 2. The van der Waals surface area contributed by atoms with E-state index in [0.29, 0.717) is 11.4 Å². The van der Waals surface area contributed by atoms with Crippen molar-refractivity contribution in [3.05, 3.63) is 22.4 Å². The van der Waals surface area contributed by atoms with Crippen molar-refractivity contribution in [2.75, 3.05) is 26.7 Å². The quantitative estimate of drug-likeness (QED) is 0.796. The number of hydrogen-bond donors (Lipinski definition) is 1. The number of aliphatic hydroxyl groups excluding tert-OH is 1.